The fourth-order valence-electron chi connectivity index (χ4n) is 1.76. The third-order valence-electron chi connectivity index (χ3n) is 2.75. The van der Waals surface area contributed by atoms with Gasteiger partial charge in [0.2, 0.25) is 0 Å². The highest BCUT2D eigenvalue weighted by atomic mass is 16.4. The van der Waals surface area contributed by atoms with Gasteiger partial charge in [-0.2, -0.15) is 0 Å². The van der Waals surface area contributed by atoms with Crippen LogP contribution < -0.4 is 0 Å². The molecule has 1 unspecified atom stereocenters. The normalized spacial score (nSPS) is 13.1. The fourth-order valence-corrected chi connectivity index (χ4v) is 1.76. The largest absolute Gasteiger partial charge is 0.481 e. The van der Waals surface area contributed by atoms with Gasteiger partial charge in [0.25, 0.3) is 0 Å². The van der Waals surface area contributed by atoms with Crippen molar-refractivity contribution in [2.45, 2.75) is 65.2 Å². The van der Waals surface area contributed by atoms with Crippen LogP contribution in [0.1, 0.15) is 65.2 Å². The summed E-state index contributed by atoms with van der Waals surface area (Å²) in [6.45, 7) is 4.34. The summed E-state index contributed by atoms with van der Waals surface area (Å²) in [6.07, 6.45) is 12.6. The standard InChI is InChI=1S/C14H26O2/c1-3-5-7-9-11-13(12-14(15)16)10-8-6-4-2/h9,11,13H,3-8,10,12H2,1-2H3,(H,15,16)/b11-9-. The zero-order valence-electron chi connectivity index (χ0n) is 10.7. The predicted molar refractivity (Wildman–Crippen MR) is 68.5 cm³/mol. The van der Waals surface area contributed by atoms with Crippen molar-refractivity contribution < 1.29 is 9.90 Å². The Morgan fingerprint density at radius 3 is 2.44 bits per heavy atom. The van der Waals surface area contributed by atoms with Crippen LogP contribution in [0.2, 0.25) is 0 Å². The Morgan fingerprint density at radius 2 is 1.88 bits per heavy atom. The molecule has 1 N–H and O–H groups in total. The molecule has 0 bridgehead atoms. The maximum atomic E-state index is 10.7. The molecule has 0 aromatic rings. The van der Waals surface area contributed by atoms with Crippen molar-refractivity contribution in [3.63, 3.8) is 0 Å². The second-order valence-corrected chi connectivity index (χ2v) is 4.42. The van der Waals surface area contributed by atoms with Crippen LogP contribution in [0.25, 0.3) is 0 Å². The summed E-state index contributed by atoms with van der Waals surface area (Å²) in [5.74, 6) is -0.442. The Hall–Kier alpha value is -0.790. The number of rotatable bonds is 10. The Bertz CT molecular complexity index is 197. The van der Waals surface area contributed by atoms with E-state index in [0.717, 1.165) is 19.3 Å². The van der Waals surface area contributed by atoms with Crippen molar-refractivity contribution in [1.29, 1.82) is 0 Å². The predicted octanol–water partition coefficient (Wildman–Crippen LogP) is 4.40. The van der Waals surface area contributed by atoms with Gasteiger partial charge >= 0.3 is 5.97 Å². The lowest BCUT2D eigenvalue weighted by Gasteiger charge is -2.09. The van der Waals surface area contributed by atoms with Crippen LogP contribution in [0, 0.1) is 5.92 Å². The molecule has 16 heavy (non-hydrogen) atoms. The monoisotopic (exact) mass is 226 g/mol. The number of hydrogen-bond donors (Lipinski definition) is 1. The van der Waals surface area contributed by atoms with Crippen molar-refractivity contribution in [2.75, 3.05) is 0 Å². The second-order valence-electron chi connectivity index (χ2n) is 4.42. The zero-order valence-corrected chi connectivity index (χ0v) is 10.7. The van der Waals surface area contributed by atoms with Crippen molar-refractivity contribution in [1.82, 2.24) is 0 Å². The number of unbranched alkanes of at least 4 members (excludes halogenated alkanes) is 4. The summed E-state index contributed by atoms with van der Waals surface area (Å²) >= 11 is 0. The third-order valence-corrected chi connectivity index (χ3v) is 2.75. The van der Waals surface area contributed by atoms with Crippen LogP contribution in [0.3, 0.4) is 0 Å². The Balaban J connectivity index is 3.88. The lowest BCUT2D eigenvalue weighted by atomic mass is 9.97. The number of hydrogen-bond acceptors (Lipinski definition) is 1. The van der Waals surface area contributed by atoms with E-state index >= 15 is 0 Å². The van der Waals surface area contributed by atoms with E-state index in [4.69, 9.17) is 5.11 Å². The molecule has 94 valence electrons. The van der Waals surface area contributed by atoms with Gasteiger partial charge in [-0.25, -0.2) is 0 Å². The molecule has 0 aromatic carbocycles. The molecule has 0 spiro atoms. The van der Waals surface area contributed by atoms with E-state index in [2.05, 4.69) is 26.0 Å². The van der Waals surface area contributed by atoms with Crippen LogP contribution in [0.4, 0.5) is 0 Å². The molecule has 0 rings (SSSR count). The van der Waals surface area contributed by atoms with Gasteiger partial charge < -0.3 is 5.11 Å². The van der Waals surface area contributed by atoms with Crippen LogP contribution in [-0.4, -0.2) is 11.1 Å². The number of carbonyl (C=O) groups is 1. The van der Waals surface area contributed by atoms with E-state index in [9.17, 15) is 4.79 Å². The highest BCUT2D eigenvalue weighted by molar-refractivity contribution is 5.67. The van der Waals surface area contributed by atoms with Gasteiger partial charge in [-0.05, 0) is 18.8 Å². The van der Waals surface area contributed by atoms with Gasteiger partial charge in [0, 0.05) is 0 Å². The van der Waals surface area contributed by atoms with Crippen molar-refractivity contribution in [3.8, 4) is 0 Å². The first-order valence-electron chi connectivity index (χ1n) is 6.59. The lowest BCUT2D eigenvalue weighted by Crippen LogP contribution is -2.05. The molecule has 0 heterocycles. The van der Waals surface area contributed by atoms with Crippen LogP contribution in [-0.2, 0) is 4.79 Å². The summed E-state index contributed by atoms with van der Waals surface area (Å²) < 4.78 is 0. The maximum absolute atomic E-state index is 10.7. The van der Waals surface area contributed by atoms with Crippen molar-refractivity contribution in [3.05, 3.63) is 12.2 Å². The zero-order chi connectivity index (χ0) is 12.2. The molecule has 0 radical (unpaired) electrons. The molecule has 0 saturated heterocycles. The molecule has 0 saturated carbocycles. The SMILES string of the molecule is CCCC/C=C\C(CCCCC)CC(=O)O. The summed E-state index contributed by atoms with van der Waals surface area (Å²) in [5.41, 5.74) is 0. The number of carboxylic acids is 1. The van der Waals surface area contributed by atoms with Gasteiger partial charge in [0.15, 0.2) is 0 Å². The first-order valence-corrected chi connectivity index (χ1v) is 6.59. The lowest BCUT2D eigenvalue weighted by molar-refractivity contribution is -0.137. The highest BCUT2D eigenvalue weighted by Gasteiger charge is 2.09. The molecule has 0 fully saturated rings. The van der Waals surface area contributed by atoms with E-state index in [1.54, 1.807) is 0 Å². The average molecular weight is 226 g/mol. The van der Waals surface area contributed by atoms with Crippen LogP contribution >= 0.6 is 0 Å². The quantitative estimate of drug-likeness (QED) is 0.442. The number of aliphatic carboxylic acids is 1. The molecule has 0 amide bonds. The van der Waals surface area contributed by atoms with E-state index < -0.39 is 5.97 Å². The van der Waals surface area contributed by atoms with Gasteiger partial charge in [-0.3, -0.25) is 4.79 Å². The minimum Gasteiger partial charge on any atom is -0.481 e. The summed E-state index contributed by atoms with van der Waals surface area (Å²) in [4.78, 5) is 10.7. The Morgan fingerprint density at radius 1 is 1.19 bits per heavy atom. The van der Waals surface area contributed by atoms with E-state index in [-0.39, 0.29) is 12.3 Å². The molecule has 0 aromatic heterocycles. The molecular formula is C14H26O2. The van der Waals surface area contributed by atoms with Gasteiger partial charge in [0.05, 0.1) is 6.42 Å². The van der Waals surface area contributed by atoms with Crippen LogP contribution in [0.5, 0.6) is 0 Å². The highest BCUT2D eigenvalue weighted by Crippen LogP contribution is 2.16. The minimum atomic E-state index is -0.679. The molecule has 2 heteroatoms. The van der Waals surface area contributed by atoms with Crippen molar-refractivity contribution in [2.24, 2.45) is 5.92 Å². The smallest absolute Gasteiger partial charge is 0.303 e. The van der Waals surface area contributed by atoms with E-state index in [1.807, 2.05) is 0 Å². The van der Waals surface area contributed by atoms with E-state index in [0.29, 0.717) is 0 Å². The van der Waals surface area contributed by atoms with Gasteiger partial charge in [0.1, 0.15) is 0 Å². The summed E-state index contributed by atoms with van der Waals surface area (Å²) in [6, 6.07) is 0. The summed E-state index contributed by atoms with van der Waals surface area (Å²) in [5, 5.41) is 8.81. The first kappa shape index (κ1) is 15.2. The fraction of sp³-hybridized carbons (Fsp3) is 0.786. The molecule has 0 aliphatic heterocycles. The molecule has 2 nitrogen and oxygen atoms in total. The average Bonchev–Trinajstić information content (AvgIpc) is 2.23. The van der Waals surface area contributed by atoms with Gasteiger partial charge in [-0.1, -0.05) is 58.1 Å². The summed E-state index contributed by atoms with van der Waals surface area (Å²) in [7, 11) is 0. The molecule has 0 aliphatic rings. The molecule has 1 atom stereocenters. The Kier molecular flexibility index (Phi) is 10.2. The number of carboxylic acid groups (broad SMARTS) is 1. The minimum absolute atomic E-state index is 0.237. The van der Waals surface area contributed by atoms with E-state index in [1.165, 1.54) is 25.7 Å². The third kappa shape index (κ3) is 9.75. The van der Waals surface area contributed by atoms with Crippen molar-refractivity contribution >= 4 is 5.97 Å². The van der Waals surface area contributed by atoms with Gasteiger partial charge in [-0.15, -0.1) is 0 Å². The Labute approximate surface area is 99.7 Å². The number of allylic oxidation sites excluding steroid dienone is 2. The molecule has 0 aliphatic carbocycles. The molecular weight excluding hydrogens is 200 g/mol. The first-order chi connectivity index (χ1) is 7.70. The van der Waals surface area contributed by atoms with Crippen LogP contribution in [0.15, 0.2) is 12.2 Å². The topological polar surface area (TPSA) is 37.3 Å². The second kappa shape index (κ2) is 10.7. The maximum Gasteiger partial charge on any atom is 0.303 e.